The number of likely N-dealkylation sites (N-methyl/N-ethyl adjacent to an activating group) is 2. The van der Waals surface area contributed by atoms with Gasteiger partial charge in [-0.3, -0.25) is 4.79 Å². The first kappa shape index (κ1) is 28.2. The third kappa shape index (κ3) is 6.80. The van der Waals surface area contributed by atoms with E-state index in [4.69, 9.17) is 9.47 Å². The van der Waals surface area contributed by atoms with Crippen molar-refractivity contribution in [1.29, 1.82) is 0 Å². The molecule has 0 aliphatic heterocycles. The molecule has 0 fully saturated rings. The predicted molar refractivity (Wildman–Crippen MR) is 153 cm³/mol. The maximum Gasteiger partial charge on any atom is 0.247 e. The molecule has 11 heteroatoms. The number of anilines is 4. The maximum absolute atomic E-state index is 14.0. The smallest absolute Gasteiger partial charge is 0.247 e. The third-order valence-corrected chi connectivity index (χ3v) is 5.97. The molecule has 1 amide bonds. The Bertz CT molecular complexity index is 1550. The second kappa shape index (κ2) is 12.4. The van der Waals surface area contributed by atoms with Crippen LogP contribution in [-0.4, -0.2) is 62.1 Å². The number of fused-ring (bicyclic) bond motifs is 1. The number of carbonyl (C=O) groups is 1. The van der Waals surface area contributed by atoms with E-state index in [0.29, 0.717) is 46.3 Å². The van der Waals surface area contributed by atoms with E-state index in [1.54, 1.807) is 37.6 Å². The molecule has 3 aromatic carbocycles. The van der Waals surface area contributed by atoms with Crippen molar-refractivity contribution >= 4 is 39.8 Å². The van der Waals surface area contributed by atoms with Crippen molar-refractivity contribution in [3.63, 3.8) is 0 Å². The molecule has 40 heavy (non-hydrogen) atoms. The van der Waals surface area contributed by atoms with Gasteiger partial charge in [-0.15, -0.1) is 0 Å². The van der Waals surface area contributed by atoms with Gasteiger partial charge in [0, 0.05) is 43.9 Å². The second-order valence-electron chi connectivity index (χ2n) is 9.20. The monoisotopic (exact) mass is 548 g/mol. The molecule has 9 nitrogen and oxygen atoms in total. The molecule has 0 saturated heterocycles. The quantitative estimate of drug-likeness (QED) is 0.235. The lowest BCUT2D eigenvalue weighted by atomic mass is 10.2. The number of methoxy groups -OCH3 is 1. The molecule has 0 unspecified atom stereocenters. The standard InChI is InChI=1S/C29H30F2N6O3/c1-6-28(38)33-23-15-24(27(39-5)16-25(23)37(4)12-11-36(2)3)35-29-32-17-18-13-20(8-9-22(18)34-29)40-26-10-7-19(30)14-21(26)31/h6-10,13-17H,1,11-12H2,2-5H3,(H,33,38)(H,32,34,35). The minimum atomic E-state index is -0.802. The summed E-state index contributed by atoms with van der Waals surface area (Å²) in [5.41, 5.74) is 2.47. The van der Waals surface area contributed by atoms with Gasteiger partial charge in [0.15, 0.2) is 11.6 Å². The van der Waals surface area contributed by atoms with Crippen LogP contribution < -0.4 is 25.0 Å². The molecule has 0 atom stereocenters. The van der Waals surface area contributed by atoms with Crippen molar-refractivity contribution < 1.29 is 23.0 Å². The average molecular weight is 549 g/mol. The SMILES string of the molecule is C=CC(=O)Nc1cc(Nc2ncc3cc(Oc4ccc(F)cc4F)ccc3n2)c(OC)cc1N(C)CCN(C)C. The lowest BCUT2D eigenvalue weighted by Crippen LogP contribution is -2.29. The number of amides is 1. The van der Waals surface area contributed by atoms with Crippen molar-refractivity contribution in [1.82, 2.24) is 14.9 Å². The number of hydrogen-bond acceptors (Lipinski definition) is 8. The number of aromatic nitrogens is 2. The van der Waals surface area contributed by atoms with Crippen LogP contribution in [0.25, 0.3) is 10.9 Å². The van der Waals surface area contributed by atoms with Crippen LogP contribution in [0.3, 0.4) is 0 Å². The fraction of sp³-hybridized carbons (Fsp3) is 0.207. The molecule has 2 N–H and O–H groups in total. The van der Waals surface area contributed by atoms with Crippen molar-refractivity contribution in [3.05, 3.63) is 79.0 Å². The summed E-state index contributed by atoms with van der Waals surface area (Å²) in [6, 6.07) is 11.7. The van der Waals surface area contributed by atoms with E-state index in [-0.39, 0.29) is 11.7 Å². The van der Waals surface area contributed by atoms with Crippen LogP contribution in [0, 0.1) is 11.6 Å². The zero-order chi connectivity index (χ0) is 28.8. The summed E-state index contributed by atoms with van der Waals surface area (Å²) in [6.07, 6.45) is 2.80. The van der Waals surface area contributed by atoms with Crippen LogP contribution in [0.5, 0.6) is 17.2 Å². The van der Waals surface area contributed by atoms with E-state index in [9.17, 15) is 13.6 Å². The van der Waals surface area contributed by atoms with Gasteiger partial charge in [-0.25, -0.2) is 18.7 Å². The Morgan fingerprint density at radius 2 is 1.82 bits per heavy atom. The van der Waals surface area contributed by atoms with Crippen molar-refractivity contribution in [2.75, 3.05) is 56.9 Å². The molecule has 0 aliphatic carbocycles. The summed E-state index contributed by atoms with van der Waals surface area (Å²) in [5.74, 6) is -0.768. The van der Waals surface area contributed by atoms with Crippen molar-refractivity contribution in [3.8, 4) is 17.2 Å². The van der Waals surface area contributed by atoms with E-state index in [1.165, 1.54) is 12.1 Å². The molecule has 0 spiro atoms. The number of ether oxygens (including phenoxy) is 2. The zero-order valence-corrected chi connectivity index (χ0v) is 22.7. The highest BCUT2D eigenvalue weighted by molar-refractivity contribution is 6.02. The molecule has 0 saturated carbocycles. The number of nitrogens with one attached hydrogen (secondary N) is 2. The van der Waals surface area contributed by atoms with E-state index in [2.05, 4.69) is 32.1 Å². The van der Waals surface area contributed by atoms with Gasteiger partial charge in [0.2, 0.25) is 11.9 Å². The Hall–Kier alpha value is -4.77. The second-order valence-corrected chi connectivity index (χ2v) is 9.20. The average Bonchev–Trinajstić information content (AvgIpc) is 2.93. The van der Waals surface area contributed by atoms with E-state index in [1.807, 2.05) is 32.1 Å². The van der Waals surface area contributed by atoms with Crippen LogP contribution in [0.15, 0.2) is 67.4 Å². The molecule has 1 aromatic heterocycles. The molecule has 0 bridgehead atoms. The van der Waals surface area contributed by atoms with Crippen molar-refractivity contribution in [2.45, 2.75) is 0 Å². The molecule has 4 aromatic rings. The molecule has 208 valence electrons. The number of nitrogens with zero attached hydrogens (tertiary/aromatic N) is 4. The summed E-state index contributed by atoms with van der Waals surface area (Å²) in [4.78, 5) is 25.2. The Morgan fingerprint density at radius 3 is 2.52 bits per heavy atom. The highest BCUT2D eigenvalue weighted by Crippen LogP contribution is 2.38. The summed E-state index contributed by atoms with van der Waals surface area (Å²) >= 11 is 0. The van der Waals surface area contributed by atoms with Gasteiger partial charge in [-0.1, -0.05) is 6.58 Å². The number of halogens is 2. The van der Waals surface area contributed by atoms with Crippen LogP contribution in [0.2, 0.25) is 0 Å². The van der Waals surface area contributed by atoms with Crippen LogP contribution >= 0.6 is 0 Å². The summed E-state index contributed by atoms with van der Waals surface area (Å²) in [5, 5.41) is 6.67. The largest absolute Gasteiger partial charge is 0.494 e. The molecular weight excluding hydrogens is 518 g/mol. The molecule has 0 radical (unpaired) electrons. The van der Waals surface area contributed by atoms with Crippen LogP contribution in [-0.2, 0) is 4.79 Å². The lowest BCUT2D eigenvalue weighted by Gasteiger charge is -2.26. The Kier molecular flexibility index (Phi) is 8.75. The van der Waals surface area contributed by atoms with E-state index in [0.717, 1.165) is 24.4 Å². The van der Waals surface area contributed by atoms with Crippen molar-refractivity contribution in [2.24, 2.45) is 0 Å². The van der Waals surface area contributed by atoms with Gasteiger partial charge >= 0.3 is 0 Å². The summed E-state index contributed by atoms with van der Waals surface area (Å²) in [7, 11) is 7.47. The topological polar surface area (TPSA) is 91.8 Å². The minimum Gasteiger partial charge on any atom is -0.494 e. The minimum absolute atomic E-state index is 0.0952. The van der Waals surface area contributed by atoms with Gasteiger partial charge in [-0.2, -0.15) is 0 Å². The molecule has 1 heterocycles. The first-order valence-electron chi connectivity index (χ1n) is 12.3. The molecular formula is C29H30F2N6O3. The fourth-order valence-corrected chi connectivity index (χ4v) is 3.85. The first-order valence-corrected chi connectivity index (χ1v) is 12.3. The summed E-state index contributed by atoms with van der Waals surface area (Å²) in [6.45, 7) is 5.07. The number of rotatable bonds is 11. The maximum atomic E-state index is 14.0. The van der Waals surface area contributed by atoms with Gasteiger partial charge in [-0.05, 0) is 56.6 Å². The number of hydrogen-bond donors (Lipinski definition) is 2. The van der Waals surface area contributed by atoms with Gasteiger partial charge in [0.25, 0.3) is 0 Å². The van der Waals surface area contributed by atoms with Gasteiger partial charge < -0.3 is 29.9 Å². The molecule has 4 rings (SSSR count). The Morgan fingerprint density at radius 1 is 1.02 bits per heavy atom. The highest BCUT2D eigenvalue weighted by Gasteiger charge is 2.17. The van der Waals surface area contributed by atoms with Gasteiger partial charge in [0.1, 0.15) is 17.3 Å². The number of benzene rings is 3. The van der Waals surface area contributed by atoms with Crippen LogP contribution in [0.1, 0.15) is 0 Å². The predicted octanol–water partition coefficient (Wildman–Crippen LogP) is 5.57. The van der Waals surface area contributed by atoms with Crippen LogP contribution in [0.4, 0.5) is 31.8 Å². The first-order chi connectivity index (χ1) is 19.2. The van der Waals surface area contributed by atoms with Gasteiger partial charge in [0.05, 0.1) is 29.7 Å². The summed E-state index contributed by atoms with van der Waals surface area (Å²) < 4.78 is 38.4. The Balaban J connectivity index is 1.61. The number of carbonyl (C=O) groups excluding carboxylic acids is 1. The lowest BCUT2D eigenvalue weighted by molar-refractivity contribution is -0.111. The normalized spacial score (nSPS) is 10.9. The van der Waals surface area contributed by atoms with E-state index >= 15 is 0 Å². The highest BCUT2D eigenvalue weighted by atomic mass is 19.1. The Labute approximate surface area is 231 Å². The molecule has 0 aliphatic rings. The third-order valence-electron chi connectivity index (χ3n) is 5.97. The van der Waals surface area contributed by atoms with E-state index < -0.39 is 11.6 Å². The fourth-order valence-electron chi connectivity index (χ4n) is 3.85. The zero-order valence-electron chi connectivity index (χ0n) is 22.7.